The Bertz CT molecular complexity index is 481. The average molecular weight is 275 g/mol. The van der Waals surface area contributed by atoms with Crippen molar-refractivity contribution in [2.24, 2.45) is 7.05 Å². The molecule has 19 heavy (non-hydrogen) atoms. The first kappa shape index (κ1) is 14.2. The summed E-state index contributed by atoms with van der Waals surface area (Å²) in [7, 11) is 2.05. The molecular weight excluding hydrogens is 254 g/mol. The maximum atomic E-state index is 4.41. The summed E-state index contributed by atoms with van der Waals surface area (Å²) in [5.74, 6) is 2.20. The molecule has 0 radical (unpaired) electrons. The predicted octanol–water partition coefficient (Wildman–Crippen LogP) is 2.73. The van der Waals surface area contributed by atoms with Gasteiger partial charge >= 0.3 is 0 Å². The molecule has 102 valence electrons. The number of nitrogens with one attached hydrogen (secondary N) is 1. The van der Waals surface area contributed by atoms with E-state index in [1.807, 2.05) is 24.2 Å². The van der Waals surface area contributed by atoms with Crippen molar-refractivity contribution in [3.8, 4) is 0 Å². The van der Waals surface area contributed by atoms with E-state index in [-0.39, 0.29) is 0 Å². The van der Waals surface area contributed by atoms with Crippen molar-refractivity contribution in [2.45, 2.75) is 24.3 Å². The first-order chi connectivity index (χ1) is 9.29. The van der Waals surface area contributed by atoms with E-state index >= 15 is 0 Å². The summed E-state index contributed by atoms with van der Waals surface area (Å²) in [5, 5.41) is 3.54. The maximum absolute atomic E-state index is 4.41. The van der Waals surface area contributed by atoms with Crippen LogP contribution in [0.1, 0.15) is 12.7 Å². The smallest absolute Gasteiger partial charge is 0.109 e. The molecule has 3 nitrogen and oxygen atoms in total. The van der Waals surface area contributed by atoms with Crippen LogP contribution in [0.2, 0.25) is 0 Å². The molecule has 2 aromatic rings. The third-order valence-corrected chi connectivity index (χ3v) is 4.21. The summed E-state index contributed by atoms with van der Waals surface area (Å²) in [6.45, 7) is 3.14. The number of aryl methyl sites for hydroxylation is 1. The molecule has 0 bridgehead atoms. The zero-order valence-electron chi connectivity index (χ0n) is 11.5. The molecule has 0 spiro atoms. The largest absolute Gasteiger partial charge is 0.338 e. The zero-order valence-corrected chi connectivity index (χ0v) is 12.4. The molecule has 0 fully saturated rings. The fraction of sp³-hybridized carbons (Fsp3) is 0.400. The topological polar surface area (TPSA) is 29.9 Å². The van der Waals surface area contributed by atoms with Crippen molar-refractivity contribution in [2.75, 3.05) is 12.3 Å². The van der Waals surface area contributed by atoms with Crippen molar-refractivity contribution in [1.29, 1.82) is 0 Å². The molecule has 0 aliphatic rings. The first-order valence-corrected chi connectivity index (χ1v) is 7.65. The lowest BCUT2D eigenvalue weighted by Gasteiger charge is -2.17. The van der Waals surface area contributed by atoms with Crippen molar-refractivity contribution in [3.63, 3.8) is 0 Å². The van der Waals surface area contributed by atoms with Crippen LogP contribution in [0.25, 0.3) is 0 Å². The summed E-state index contributed by atoms with van der Waals surface area (Å²) < 4.78 is 2.09. The molecule has 1 atom stereocenters. The number of likely N-dealkylation sites (N-methyl/N-ethyl adjacent to an activating group) is 1. The van der Waals surface area contributed by atoms with Gasteiger partial charge in [0.2, 0.25) is 0 Å². The number of hydrogen-bond donors (Lipinski definition) is 1. The molecule has 1 N–H and O–H groups in total. The van der Waals surface area contributed by atoms with Gasteiger partial charge in [0.25, 0.3) is 0 Å². The van der Waals surface area contributed by atoms with Gasteiger partial charge in [-0.3, -0.25) is 0 Å². The van der Waals surface area contributed by atoms with Crippen LogP contribution in [0.3, 0.4) is 0 Å². The zero-order chi connectivity index (χ0) is 13.5. The van der Waals surface area contributed by atoms with E-state index in [4.69, 9.17) is 0 Å². The fourth-order valence-corrected chi connectivity index (χ4v) is 2.98. The Morgan fingerprint density at radius 3 is 2.74 bits per heavy atom. The van der Waals surface area contributed by atoms with Crippen LogP contribution in [-0.4, -0.2) is 27.9 Å². The van der Waals surface area contributed by atoms with E-state index in [0.717, 1.165) is 24.5 Å². The Kier molecular flexibility index (Phi) is 5.48. The summed E-state index contributed by atoms with van der Waals surface area (Å²) in [5.41, 5.74) is 0. The molecule has 0 saturated heterocycles. The van der Waals surface area contributed by atoms with Crippen LogP contribution in [0.4, 0.5) is 0 Å². The standard InChI is InChI=1S/C15H21N3S/c1-3-16-13(11-15-17-9-10-18(15)2)12-19-14-7-5-4-6-8-14/h4-10,13,16H,3,11-12H2,1-2H3. The van der Waals surface area contributed by atoms with E-state index in [1.165, 1.54) is 4.90 Å². The number of hydrogen-bond acceptors (Lipinski definition) is 3. The third-order valence-electron chi connectivity index (χ3n) is 3.04. The predicted molar refractivity (Wildman–Crippen MR) is 81.5 cm³/mol. The number of thioether (sulfide) groups is 1. The minimum atomic E-state index is 0.455. The number of imidazole rings is 1. The van der Waals surface area contributed by atoms with Crippen molar-refractivity contribution >= 4 is 11.8 Å². The van der Waals surface area contributed by atoms with Gasteiger partial charge in [0.1, 0.15) is 5.82 Å². The van der Waals surface area contributed by atoms with Gasteiger partial charge in [0, 0.05) is 42.6 Å². The molecule has 0 amide bonds. The van der Waals surface area contributed by atoms with Gasteiger partial charge in [-0.2, -0.15) is 0 Å². The average Bonchev–Trinajstić information content (AvgIpc) is 2.83. The molecule has 0 aliphatic carbocycles. The Morgan fingerprint density at radius 1 is 1.32 bits per heavy atom. The molecule has 1 aromatic carbocycles. The lowest BCUT2D eigenvalue weighted by atomic mass is 10.2. The minimum Gasteiger partial charge on any atom is -0.338 e. The van der Waals surface area contributed by atoms with Crippen LogP contribution in [0.15, 0.2) is 47.6 Å². The van der Waals surface area contributed by atoms with E-state index in [2.05, 4.69) is 59.2 Å². The van der Waals surface area contributed by atoms with E-state index in [9.17, 15) is 0 Å². The Labute approximate surface area is 119 Å². The van der Waals surface area contributed by atoms with Gasteiger partial charge in [-0.15, -0.1) is 11.8 Å². The van der Waals surface area contributed by atoms with Crippen LogP contribution in [-0.2, 0) is 13.5 Å². The van der Waals surface area contributed by atoms with Crippen LogP contribution >= 0.6 is 11.8 Å². The SMILES string of the molecule is CCNC(CSc1ccccc1)Cc1nccn1C. The van der Waals surface area contributed by atoms with Gasteiger partial charge < -0.3 is 9.88 Å². The number of rotatable bonds is 7. The van der Waals surface area contributed by atoms with Gasteiger partial charge in [-0.05, 0) is 18.7 Å². The van der Waals surface area contributed by atoms with E-state index < -0.39 is 0 Å². The Hall–Kier alpha value is -1.26. The fourth-order valence-electron chi connectivity index (χ4n) is 2.01. The molecule has 0 saturated carbocycles. The molecule has 1 unspecified atom stereocenters. The molecule has 2 rings (SSSR count). The van der Waals surface area contributed by atoms with Gasteiger partial charge in [-0.25, -0.2) is 4.98 Å². The van der Waals surface area contributed by atoms with Crippen molar-refractivity contribution in [3.05, 3.63) is 48.5 Å². The van der Waals surface area contributed by atoms with Gasteiger partial charge in [0.05, 0.1) is 0 Å². The van der Waals surface area contributed by atoms with Crippen LogP contribution < -0.4 is 5.32 Å². The Morgan fingerprint density at radius 2 is 2.11 bits per heavy atom. The molecule has 1 aromatic heterocycles. The second-order valence-corrected chi connectivity index (χ2v) is 5.63. The van der Waals surface area contributed by atoms with Gasteiger partial charge in [0.15, 0.2) is 0 Å². The second-order valence-electron chi connectivity index (χ2n) is 4.54. The lowest BCUT2D eigenvalue weighted by molar-refractivity contribution is 0.550. The minimum absolute atomic E-state index is 0.455. The van der Waals surface area contributed by atoms with Gasteiger partial charge in [-0.1, -0.05) is 25.1 Å². The highest BCUT2D eigenvalue weighted by Crippen LogP contribution is 2.18. The number of aromatic nitrogens is 2. The lowest BCUT2D eigenvalue weighted by Crippen LogP contribution is -2.34. The molecular formula is C15H21N3S. The van der Waals surface area contributed by atoms with Crippen molar-refractivity contribution in [1.82, 2.24) is 14.9 Å². The monoisotopic (exact) mass is 275 g/mol. The van der Waals surface area contributed by atoms with E-state index in [0.29, 0.717) is 6.04 Å². The quantitative estimate of drug-likeness (QED) is 0.788. The first-order valence-electron chi connectivity index (χ1n) is 6.67. The van der Waals surface area contributed by atoms with Crippen LogP contribution in [0, 0.1) is 0 Å². The van der Waals surface area contributed by atoms with Crippen LogP contribution in [0.5, 0.6) is 0 Å². The number of benzene rings is 1. The summed E-state index contributed by atoms with van der Waals surface area (Å²) in [6, 6.07) is 11.0. The van der Waals surface area contributed by atoms with Crippen molar-refractivity contribution < 1.29 is 0 Å². The maximum Gasteiger partial charge on any atom is 0.109 e. The summed E-state index contributed by atoms with van der Waals surface area (Å²) in [4.78, 5) is 5.73. The highest BCUT2D eigenvalue weighted by Gasteiger charge is 2.11. The third kappa shape index (κ3) is 4.40. The molecule has 0 aliphatic heterocycles. The highest BCUT2D eigenvalue weighted by atomic mass is 32.2. The van der Waals surface area contributed by atoms with E-state index in [1.54, 1.807) is 0 Å². The highest BCUT2D eigenvalue weighted by molar-refractivity contribution is 7.99. The normalized spacial score (nSPS) is 12.5. The second kappa shape index (κ2) is 7.36. The Balaban J connectivity index is 1.91. The summed E-state index contributed by atoms with van der Waals surface area (Å²) in [6.07, 6.45) is 4.84. The molecule has 4 heteroatoms. The molecule has 1 heterocycles. The number of nitrogens with zero attached hydrogens (tertiary/aromatic N) is 2. The summed E-state index contributed by atoms with van der Waals surface area (Å²) >= 11 is 1.90.